The van der Waals surface area contributed by atoms with Crippen LogP contribution in [0.2, 0.25) is 0 Å². The van der Waals surface area contributed by atoms with E-state index in [9.17, 15) is 0 Å². The first-order chi connectivity index (χ1) is 7.29. The molecule has 2 N–H and O–H groups in total. The molecule has 2 aliphatic rings. The van der Waals surface area contributed by atoms with Gasteiger partial charge >= 0.3 is 0 Å². The van der Waals surface area contributed by atoms with E-state index in [0.717, 1.165) is 6.04 Å². The Labute approximate surface area is 93.6 Å². The molecule has 0 spiro atoms. The van der Waals surface area contributed by atoms with Crippen molar-refractivity contribution in [1.82, 2.24) is 9.80 Å². The van der Waals surface area contributed by atoms with Gasteiger partial charge in [0.25, 0.3) is 0 Å². The highest BCUT2D eigenvalue weighted by Crippen LogP contribution is 2.22. The van der Waals surface area contributed by atoms with Crippen molar-refractivity contribution in [1.29, 1.82) is 0 Å². The Morgan fingerprint density at radius 2 is 1.87 bits per heavy atom. The van der Waals surface area contributed by atoms with Crippen molar-refractivity contribution in [2.24, 2.45) is 5.73 Å². The zero-order valence-electron chi connectivity index (χ0n) is 9.99. The summed E-state index contributed by atoms with van der Waals surface area (Å²) in [6.07, 6.45) is 5.18. The molecule has 1 heterocycles. The van der Waals surface area contributed by atoms with Crippen LogP contribution in [0.25, 0.3) is 0 Å². The fraction of sp³-hybridized carbons (Fsp3) is 1.00. The lowest BCUT2D eigenvalue weighted by Gasteiger charge is -2.41. The average molecular weight is 211 g/mol. The van der Waals surface area contributed by atoms with Crippen molar-refractivity contribution in [3.05, 3.63) is 0 Å². The first-order valence-electron chi connectivity index (χ1n) is 6.51. The second-order valence-corrected chi connectivity index (χ2v) is 5.05. The number of likely N-dealkylation sites (N-methyl/N-ethyl adjacent to an activating group) is 1. The van der Waals surface area contributed by atoms with Gasteiger partial charge in [0, 0.05) is 38.3 Å². The molecule has 0 bridgehead atoms. The molecule has 88 valence electrons. The molecule has 0 amide bonds. The van der Waals surface area contributed by atoms with Gasteiger partial charge in [-0.1, -0.05) is 13.3 Å². The molecule has 0 radical (unpaired) electrons. The monoisotopic (exact) mass is 211 g/mol. The van der Waals surface area contributed by atoms with Crippen molar-refractivity contribution in [2.75, 3.05) is 32.7 Å². The molecule has 1 saturated carbocycles. The number of hydrogen-bond acceptors (Lipinski definition) is 3. The van der Waals surface area contributed by atoms with E-state index < -0.39 is 0 Å². The SMILES string of the molecule is CCN1CCN(C2CCCC(N)C2)CC1. The lowest BCUT2D eigenvalue weighted by Crippen LogP contribution is -2.52. The Hall–Kier alpha value is -0.120. The summed E-state index contributed by atoms with van der Waals surface area (Å²) in [7, 11) is 0. The molecule has 2 atom stereocenters. The molecule has 2 unspecified atom stereocenters. The molecule has 2 fully saturated rings. The normalized spacial score (nSPS) is 35.6. The van der Waals surface area contributed by atoms with Crippen LogP contribution in [0.5, 0.6) is 0 Å². The van der Waals surface area contributed by atoms with E-state index in [1.807, 2.05) is 0 Å². The summed E-state index contributed by atoms with van der Waals surface area (Å²) >= 11 is 0. The molecular formula is C12H25N3. The molecule has 0 aromatic rings. The van der Waals surface area contributed by atoms with E-state index in [4.69, 9.17) is 5.73 Å². The van der Waals surface area contributed by atoms with Gasteiger partial charge in [-0.05, 0) is 25.8 Å². The quantitative estimate of drug-likeness (QED) is 0.736. The van der Waals surface area contributed by atoms with Gasteiger partial charge in [0.05, 0.1) is 0 Å². The van der Waals surface area contributed by atoms with E-state index >= 15 is 0 Å². The lowest BCUT2D eigenvalue weighted by atomic mass is 9.90. The highest BCUT2D eigenvalue weighted by atomic mass is 15.3. The van der Waals surface area contributed by atoms with Gasteiger partial charge in [0.2, 0.25) is 0 Å². The van der Waals surface area contributed by atoms with Crippen molar-refractivity contribution in [2.45, 2.75) is 44.7 Å². The van der Waals surface area contributed by atoms with Crippen LogP contribution in [-0.4, -0.2) is 54.6 Å². The first kappa shape index (κ1) is 11.4. The Morgan fingerprint density at radius 3 is 2.47 bits per heavy atom. The number of nitrogens with two attached hydrogens (primary N) is 1. The van der Waals surface area contributed by atoms with Crippen molar-refractivity contribution >= 4 is 0 Å². The predicted molar refractivity (Wildman–Crippen MR) is 63.9 cm³/mol. The zero-order valence-corrected chi connectivity index (χ0v) is 9.99. The second-order valence-electron chi connectivity index (χ2n) is 5.05. The molecule has 0 aromatic heterocycles. The lowest BCUT2D eigenvalue weighted by molar-refractivity contribution is 0.0778. The van der Waals surface area contributed by atoms with E-state index in [1.165, 1.54) is 58.4 Å². The summed E-state index contributed by atoms with van der Waals surface area (Å²) in [5, 5.41) is 0. The first-order valence-corrected chi connectivity index (χ1v) is 6.51. The van der Waals surface area contributed by atoms with Crippen LogP contribution < -0.4 is 5.73 Å². The van der Waals surface area contributed by atoms with E-state index in [0.29, 0.717) is 6.04 Å². The molecule has 2 rings (SSSR count). The van der Waals surface area contributed by atoms with Gasteiger partial charge in [-0.15, -0.1) is 0 Å². The number of nitrogens with zero attached hydrogens (tertiary/aromatic N) is 2. The Kier molecular flexibility index (Phi) is 4.00. The highest BCUT2D eigenvalue weighted by Gasteiger charge is 2.27. The number of rotatable bonds is 2. The molecule has 3 nitrogen and oxygen atoms in total. The number of hydrogen-bond donors (Lipinski definition) is 1. The van der Waals surface area contributed by atoms with Gasteiger partial charge < -0.3 is 10.6 Å². The highest BCUT2D eigenvalue weighted by molar-refractivity contribution is 4.84. The summed E-state index contributed by atoms with van der Waals surface area (Å²) in [6.45, 7) is 8.48. The van der Waals surface area contributed by atoms with Crippen LogP contribution in [0.1, 0.15) is 32.6 Å². The minimum Gasteiger partial charge on any atom is -0.328 e. The molecule has 1 aliphatic carbocycles. The third-order valence-electron chi connectivity index (χ3n) is 4.06. The fourth-order valence-corrected chi connectivity index (χ4v) is 2.98. The van der Waals surface area contributed by atoms with Gasteiger partial charge in [-0.3, -0.25) is 4.90 Å². The Morgan fingerprint density at radius 1 is 1.13 bits per heavy atom. The maximum Gasteiger partial charge on any atom is 0.0113 e. The Balaban J connectivity index is 1.79. The van der Waals surface area contributed by atoms with Crippen LogP contribution >= 0.6 is 0 Å². The van der Waals surface area contributed by atoms with Gasteiger partial charge in [0.1, 0.15) is 0 Å². The summed E-state index contributed by atoms with van der Waals surface area (Å²) < 4.78 is 0. The van der Waals surface area contributed by atoms with Crippen LogP contribution in [0.4, 0.5) is 0 Å². The van der Waals surface area contributed by atoms with Crippen LogP contribution in [0.3, 0.4) is 0 Å². The fourth-order valence-electron chi connectivity index (χ4n) is 2.98. The minimum absolute atomic E-state index is 0.466. The van der Waals surface area contributed by atoms with Crippen LogP contribution in [-0.2, 0) is 0 Å². The molecular weight excluding hydrogens is 186 g/mol. The standard InChI is InChI=1S/C12H25N3/c1-2-14-6-8-15(9-7-14)12-5-3-4-11(13)10-12/h11-12H,2-10,13H2,1H3. The third kappa shape index (κ3) is 2.92. The summed E-state index contributed by atoms with van der Waals surface area (Å²) in [5.41, 5.74) is 6.05. The van der Waals surface area contributed by atoms with E-state index in [-0.39, 0.29) is 0 Å². The zero-order chi connectivity index (χ0) is 10.7. The second kappa shape index (κ2) is 5.28. The summed E-state index contributed by atoms with van der Waals surface area (Å²) in [6, 6.07) is 1.25. The van der Waals surface area contributed by atoms with Crippen molar-refractivity contribution in [3.8, 4) is 0 Å². The predicted octanol–water partition coefficient (Wildman–Crippen LogP) is 0.894. The van der Waals surface area contributed by atoms with E-state index in [2.05, 4.69) is 16.7 Å². The third-order valence-corrected chi connectivity index (χ3v) is 4.06. The molecule has 0 aromatic carbocycles. The van der Waals surface area contributed by atoms with Crippen molar-refractivity contribution < 1.29 is 0 Å². The molecule has 1 aliphatic heterocycles. The minimum atomic E-state index is 0.466. The maximum absolute atomic E-state index is 6.05. The van der Waals surface area contributed by atoms with Gasteiger partial charge in [-0.2, -0.15) is 0 Å². The Bertz CT molecular complexity index is 187. The average Bonchev–Trinajstić information content (AvgIpc) is 2.29. The topological polar surface area (TPSA) is 32.5 Å². The summed E-state index contributed by atoms with van der Waals surface area (Å²) in [4.78, 5) is 5.21. The molecule has 3 heteroatoms. The van der Waals surface area contributed by atoms with Crippen molar-refractivity contribution in [3.63, 3.8) is 0 Å². The maximum atomic E-state index is 6.05. The van der Waals surface area contributed by atoms with Crippen LogP contribution in [0, 0.1) is 0 Å². The number of piperazine rings is 1. The largest absolute Gasteiger partial charge is 0.328 e. The molecule has 1 saturated heterocycles. The summed E-state index contributed by atoms with van der Waals surface area (Å²) in [5.74, 6) is 0. The smallest absolute Gasteiger partial charge is 0.0113 e. The van der Waals surface area contributed by atoms with Gasteiger partial charge in [0.15, 0.2) is 0 Å². The van der Waals surface area contributed by atoms with E-state index in [1.54, 1.807) is 0 Å². The van der Waals surface area contributed by atoms with Gasteiger partial charge in [-0.25, -0.2) is 0 Å². The van der Waals surface area contributed by atoms with Crippen LogP contribution in [0.15, 0.2) is 0 Å². The molecule has 15 heavy (non-hydrogen) atoms.